The Morgan fingerprint density at radius 3 is 2.00 bits per heavy atom. The van der Waals surface area contributed by atoms with Crippen LogP contribution in [0.5, 0.6) is 0 Å². The van der Waals surface area contributed by atoms with Crippen molar-refractivity contribution in [1.29, 1.82) is 0 Å². The van der Waals surface area contributed by atoms with E-state index in [0.717, 1.165) is 0 Å². The first-order valence-corrected chi connectivity index (χ1v) is 4.25. The molecule has 0 aliphatic rings. The normalized spacial score (nSPS) is 11.6. The average molecular weight is 252 g/mol. The van der Waals surface area contributed by atoms with E-state index in [1.165, 1.54) is 0 Å². The van der Waals surface area contributed by atoms with Gasteiger partial charge in [0.15, 0.2) is 12.6 Å². The fraction of sp³-hybridized carbons (Fsp3) is 0.200. The van der Waals surface area contributed by atoms with E-state index in [0.29, 0.717) is 6.07 Å². The lowest BCUT2D eigenvalue weighted by Crippen LogP contribution is -2.12. The molecule has 0 spiro atoms. The van der Waals surface area contributed by atoms with Crippen molar-refractivity contribution >= 4 is 12.6 Å². The van der Waals surface area contributed by atoms with Gasteiger partial charge in [-0.1, -0.05) is 0 Å². The first kappa shape index (κ1) is 13.3. The maximum atomic E-state index is 12.5. The third-order valence-electron chi connectivity index (χ3n) is 2.04. The Labute approximate surface area is 92.0 Å². The number of aldehydes is 2. The van der Waals surface area contributed by atoms with Crippen molar-refractivity contribution in [2.45, 2.75) is 12.6 Å². The number of alkyl halides is 5. The lowest BCUT2D eigenvalue weighted by atomic mass is 9.98. The van der Waals surface area contributed by atoms with Crippen molar-refractivity contribution in [1.82, 2.24) is 0 Å². The number of rotatable bonds is 3. The SMILES string of the molecule is O=Cc1cc(C(F)F)cc(C(F)(F)F)c1C=O. The summed E-state index contributed by atoms with van der Waals surface area (Å²) in [6.45, 7) is 0. The molecule has 0 aromatic heterocycles. The summed E-state index contributed by atoms with van der Waals surface area (Å²) in [4.78, 5) is 21.0. The highest BCUT2D eigenvalue weighted by molar-refractivity contribution is 5.92. The van der Waals surface area contributed by atoms with E-state index >= 15 is 0 Å². The van der Waals surface area contributed by atoms with Crippen LogP contribution in [0.15, 0.2) is 12.1 Å². The zero-order valence-corrected chi connectivity index (χ0v) is 8.09. The van der Waals surface area contributed by atoms with E-state index in [1.54, 1.807) is 0 Å². The summed E-state index contributed by atoms with van der Waals surface area (Å²) < 4.78 is 62.1. The summed E-state index contributed by atoms with van der Waals surface area (Å²) >= 11 is 0. The van der Waals surface area contributed by atoms with Crippen LogP contribution in [-0.4, -0.2) is 12.6 Å². The summed E-state index contributed by atoms with van der Waals surface area (Å²) in [7, 11) is 0. The van der Waals surface area contributed by atoms with Gasteiger partial charge in [0.1, 0.15) is 0 Å². The van der Waals surface area contributed by atoms with Crippen LogP contribution in [-0.2, 0) is 6.18 Å². The van der Waals surface area contributed by atoms with Crippen LogP contribution in [0.2, 0.25) is 0 Å². The second kappa shape index (κ2) is 4.60. The highest BCUT2D eigenvalue weighted by atomic mass is 19.4. The van der Waals surface area contributed by atoms with Crippen LogP contribution >= 0.6 is 0 Å². The number of benzene rings is 1. The van der Waals surface area contributed by atoms with E-state index in [1.807, 2.05) is 0 Å². The molecule has 7 heteroatoms. The number of halogens is 5. The minimum Gasteiger partial charge on any atom is -0.298 e. The Morgan fingerprint density at radius 1 is 1.06 bits per heavy atom. The third-order valence-corrected chi connectivity index (χ3v) is 2.04. The van der Waals surface area contributed by atoms with Crippen molar-refractivity contribution < 1.29 is 31.5 Å². The maximum absolute atomic E-state index is 12.5. The fourth-order valence-electron chi connectivity index (χ4n) is 1.29. The zero-order chi connectivity index (χ0) is 13.2. The zero-order valence-electron chi connectivity index (χ0n) is 8.09. The molecule has 0 saturated heterocycles. The number of hydrogen-bond donors (Lipinski definition) is 0. The van der Waals surface area contributed by atoms with E-state index in [4.69, 9.17) is 0 Å². The molecule has 0 N–H and O–H groups in total. The molecule has 0 aliphatic carbocycles. The molecule has 0 heterocycles. The first-order valence-electron chi connectivity index (χ1n) is 4.25. The van der Waals surface area contributed by atoms with Crippen LogP contribution in [0.3, 0.4) is 0 Å². The molecule has 1 aromatic rings. The van der Waals surface area contributed by atoms with Gasteiger partial charge in [-0.05, 0) is 12.1 Å². The topological polar surface area (TPSA) is 34.1 Å². The molecular weight excluding hydrogens is 247 g/mol. The fourth-order valence-corrected chi connectivity index (χ4v) is 1.29. The van der Waals surface area contributed by atoms with Crippen LogP contribution in [0.25, 0.3) is 0 Å². The molecule has 0 fully saturated rings. The van der Waals surface area contributed by atoms with Gasteiger partial charge in [-0.3, -0.25) is 9.59 Å². The van der Waals surface area contributed by atoms with Crippen LogP contribution < -0.4 is 0 Å². The third kappa shape index (κ3) is 2.66. The number of hydrogen-bond acceptors (Lipinski definition) is 2. The molecule has 1 rings (SSSR count). The summed E-state index contributed by atoms with van der Waals surface area (Å²) in [6.07, 6.45) is -8.37. The lowest BCUT2D eigenvalue weighted by molar-refractivity contribution is -0.137. The summed E-state index contributed by atoms with van der Waals surface area (Å²) in [5.74, 6) is 0. The molecule has 2 nitrogen and oxygen atoms in total. The van der Waals surface area contributed by atoms with Crippen molar-refractivity contribution in [3.63, 3.8) is 0 Å². The molecule has 1 aromatic carbocycles. The van der Waals surface area contributed by atoms with Crippen molar-refractivity contribution in [3.05, 3.63) is 34.4 Å². The molecule has 0 saturated carbocycles. The van der Waals surface area contributed by atoms with Crippen LogP contribution in [0.1, 0.15) is 38.3 Å². The van der Waals surface area contributed by atoms with E-state index in [9.17, 15) is 31.5 Å². The lowest BCUT2D eigenvalue weighted by Gasteiger charge is -2.13. The molecule has 0 aliphatic heterocycles. The predicted molar refractivity (Wildman–Crippen MR) is 47.2 cm³/mol. The predicted octanol–water partition coefficient (Wildman–Crippen LogP) is 3.27. The minimum atomic E-state index is -4.97. The van der Waals surface area contributed by atoms with Gasteiger partial charge >= 0.3 is 6.18 Å². The minimum absolute atomic E-state index is 0.0646. The molecule has 0 unspecified atom stereocenters. The van der Waals surface area contributed by atoms with E-state index < -0.39 is 34.9 Å². The highest BCUT2D eigenvalue weighted by Crippen LogP contribution is 2.35. The Bertz CT molecular complexity index is 451. The Morgan fingerprint density at radius 2 is 1.65 bits per heavy atom. The van der Waals surface area contributed by atoms with Crippen LogP contribution in [0, 0.1) is 0 Å². The smallest absolute Gasteiger partial charge is 0.298 e. The highest BCUT2D eigenvalue weighted by Gasteiger charge is 2.35. The maximum Gasteiger partial charge on any atom is 0.417 e. The Hall–Kier alpha value is -1.79. The standard InChI is InChI=1S/C10H5F5O2/c11-9(12)5-1-6(3-16)7(4-17)8(2-5)10(13,14)15/h1-4,9H. The number of carbonyl (C=O) groups excluding carboxylic acids is 2. The monoisotopic (exact) mass is 252 g/mol. The molecule has 0 amide bonds. The Balaban J connectivity index is 3.59. The summed E-state index contributed by atoms with van der Waals surface area (Å²) in [6, 6.07) is 0.734. The average Bonchev–Trinajstić information content (AvgIpc) is 2.25. The Kier molecular flexibility index (Phi) is 3.59. The van der Waals surface area contributed by atoms with E-state index in [-0.39, 0.29) is 18.6 Å². The van der Waals surface area contributed by atoms with Gasteiger partial charge in [-0.2, -0.15) is 13.2 Å². The molecular formula is C10H5F5O2. The van der Waals surface area contributed by atoms with Gasteiger partial charge in [-0.25, -0.2) is 8.78 Å². The van der Waals surface area contributed by atoms with E-state index in [2.05, 4.69) is 0 Å². The summed E-state index contributed by atoms with van der Waals surface area (Å²) in [5.41, 5.74) is -4.13. The van der Waals surface area contributed by atoms with Gasteiger partial charge in [0.2, 0.25) is 0 Å². The molecule has 92 valence electrons. The van der Waals surface area contributed by atoms with Crippen LogP contribution in [0.4, 0.5) is 22.0 Å². The van der Waals surface area contributed by atoms with Crippen molar-refractivity contribution in [3.8, 4) is 0 Å². The molecule has 0 bridgehead atoms. The van der Waals surface area contributed by atoms with Gasteiger partial charge in [0.25, 0.3) is 6.43 Å². The van der Waals surface area contributed by atoms with Gasteiger partial charge < -0.3 is 0 Å². The molecule has 0 atom stereocenters. The largest absolute Gasteiger partial charge is 0.417 e. The summed E-state index contributed by atoms with van der Waals surface area (Å²) in [5, 5.41) is 0. The van der Waals surface area contributed by atoms with Crippen molar-refractivity contribution in [2.75, 3.05) is 0 Å². The second-order valence-electron chi connectivity index (χ2n) is 3.11. The molecule has 17 heavy (non-hydrogen) atoms. The van der Waals surface area contributed by atoms with Crippen molar-refractivity contribution in [2.24, 2.45) is 0 Å². The van der Waals surface area contributed by atoms with Gasteiger partial charge in [-0.15, -0.1) is 0 Å². The molecule has 0 radical (unpaired) electrons. The van der Waals surface area contributed by atoms with Gasteiger partial charge in [0, 0.05) is 16.7 Å². The second-order valence-corrected chi connectivity index (χ2v) is 3.11. The quantitative estimate of drug-likeness (QED) is 0.611. The number of carbonyl (C=O) groups is 2. The van der Waals surface area contributed by atoms with Gasteiger partial charge in [0.05, 0.1) is 5.56 Å². The first-order chi connectivity index (χ1) is 7.81.